The first kappa shape index (κ1) is 16.7. The van der Waals surface area contributed by atoms with Gasteiger partial charge in [0.05, 0.1) is 18.3 Å². The van der Waals surface area contributed by atoms with Gasteiger partial charge in [0, 0.05) is 0 Å². The van der Waals surface area contributed by atoms with Crippen molar-refractivity contribution in [2.24, 2.45) is 0 Å². The van der Waals surface area contributed by atoms with Crippen LogP contribution in [0.3, 0.4) is 0 Å². The molecule has 3 nitrogen and oxygen atoms in total. The molecular weight excluding hydrogens is 252 g/mol. The van der Waals surface area contributed by atoms with Gasteiger partial charge < -0.3 is 9.84 Å². The standard InChI is InChI=1S/C17H26O3/c1-3-4-5-6-7-14(2)20-13-12-15-8-10-16(11-9-15)17(18)19/h8-11,14H,3-7,12-13H2,1-2H3,(H,18,19). The summed E-state index contributed by atoms with van der Waals surface area (Å²) in [6.07, 6.45) is 7.37. The molecule has 1 unspecified atom stereocenters. The van der Waals surface area contributed by atoms with Gasteiger partial charge in [-0.05, 0) is 37.5 Å². The summed E-state index contributed by atoms with van der Waals surface area (Å²) in [7, 11) is 0. The number of carboxylic acid groups (broad SMARTS) is 1. The van der Waals surface area contributed by atoms with Gasteiger partial charge in [-0.25, -0.2) is 4.79 Å². The largest absolute Gasteiger partial charge is 0.478 e. The van der Waals surface area contributed by atoms with E-state index in [0.717, 1.165) is 18.4 Å². The summed E-state index contributed by atoms with van der Waals surface area (Å²) in [6, 6.07) is 7.01. The molecule has 0 aromatic heterocycles. The predicted molar refractivity (Wildman–Crippen MR) is 81.3 cm³/mol. The Morgan fingerprint density at radius 2 is 1.90 bits per heavy atom. The zero-order valence-electron chi connectivity index (χ0n) is 12.6. The minimum Gasteiger partial charge on any atom is -0.478 e. The molecule has 1 rings (SSSR count). The first-order valence-corrected chi connectivity index (χ1v) is 7.57. The summed E-state index contributed by atoms with van der Waals surface area (Å²) >= 11 is 0. The molecule has 0 radical (unpaired) electrons. The first-order chi connectivity index (χ1) is 9.63. The minimum atomic E-state index is -0.881. The Balaban J connectivity index is 2.18. The molecule has 0 bridgehead atoms. The van der Waals surface area contributed by atoms with Crippen LogP contribution in [0.1, 0.15) is 61.9 Å². The highest BCUT2D eigenvalue weighted by Gasteiger charge is 2.04. The summed E-state index contributed by atoms with van der Waals surface area (Å²) in [5.74, 6) is -0.881. The van der Waals surface area contributed by atoms with E-state index in [1.54, 1.807) is 12.1 Å². The molecule has 0 aliphatic carbocycles. The van der Waals surface area contributed by atoms with Crippen molar-refractivity contribution in [2.75, 3.05) is 6.61 Å². The summed E-state index contributed by atoms with van der Waals surface area (Å²) < 4.78 is 5.79. The number of ether oxygens (including phenoxy) is 1. The molecule has 1 N–H and O–H groups in total. The number of unbranched alkanes of at least 4 members (excludes halogenated alkanes) is 3. The first-order valence-electron chi connectivity index (χ1n) is 7.57. The molecule has 1 aromatic rings. The van der Waals surface area contributed by atoms with Crippen LogP contribution < -0.4 is 0 Å². The Morgan fingerprint density at radius 1 is 1.20 bits per heavy atom. The van der Waals surface area contributed by atoms with Crippen molar-refractivity contribution in [1.82, 2.24) is 0 Å². The fraction of sp³-hybridized carbons (Fsp3) is 0.588. The van der Waals surface area contributed by atoms with Crippen molar-refractivity contribution in [3.63, 3.8) is 0 Å². The molecule has 0 fully saturated rings. The van der Waals surface area contributed by atoms with Crippen molar-refractivity contribution in [1.29, 1.82) is 0 Å². The molecule has 0 aliphatic rings. The third-order valence-corrected chi connectivity index (χ3v) is 3.46. The molecule has 1 aromatic carbocycles. The Kier molecular flexibility index (Phi) is 7.97. The van der Waals surface area contributed by atoms with Gasteiger partial charge in [-0.3, -0.25) is 0 Å². The van der Waals surface area contributed by atoms with Crippen LogP contribution in [0, 0.1) is 0 Å². The molecule has 3 heteroatoms. The molecule has 0 saturated carbocycles. The highest BCUT2D eigenvalue weighted by atomic mass is 16.5. The number of hydrogen-bond acceptors (Lipinski definition) is 2. The van der Waals surface area contributed by atoms with Gasteiger partial charge in [0.1, 0.15) is 0 Å². The zero-order valence-corrected chi connectivity index (χ0v) is 12.6. The lowest BCUT2D eigenvalue weighted by atomic mass is 10.1. The van der Waals surface area contributed by atoms with Gasteiger partial charge in [0.2, 0.25) is 0 Å². The minimum absolute atomic E-state index is 0.310. The average molecular weight is 278 g/mol. The lowest BCUT2D eigenvalue weighted by molar-refractivity contribution is 0.0607. The smallest absolute Gasteiger partial charge is 0.335 e. The predicted octanol–water partition coefficient (Wildman–Crippen LogP) is 4.30. The Hall–Kier alpha value is -1.35. The van der Waals surface area contributed by atoms with E-state index in [-0.39, 0.29) is 0 Å². The lowest BCUT2D eigenvalue weighted by Gasteiger charge is -2.13. The van der Waals surface area contributed by atoms with Gasteiger partial charge >= 0.3 is 5.97 Å². The van der Waals surface area contributed by atoms with Gasteiger partial charge in [0.15, 0.2) is 0 Å². The lowest BCUT2D eigenvalue weighted by Crippen LogP contribution is -2.10. The van der Waals surface area contributed by atoms with E-state index in [2.05, 4.69) is 13.8 Å². The molecule has 20 heavy (non-hydrogen) atoms. The number of carbonyl (C=O) groups is 1. The highest BCUT2D eigenvalue weighted by molar-refractivity contribution is 5.87. The van der Waals surface area contributed by atoms with Crippen molar-refractivity contribution < 1.29 is 14.6 Å². The SMILES string of the molecule is CCCCCCC(C)OCCc1ccc(C(=O)O)cc1. The third kappa shape index (κ3) is 6.71. The molecule has 112 valence electrons. The van der Waals surface area contributed by atoms with Gasteiger partial charge in [-0.1, -0.05) is 44.7 Å². The number of rotatable bonds is 10. The van der Waals surface area contributed by atoms with E-state index < -0.39 is 5.97 Å². The maximum absolute atomic E-state index is 10.7. The van der Waals surface area contributed by atoms with E-state index in [0.29, 0.717) is 18.3 Å². The molecule has 0 heterocycles. The maximum Gasteiger partial charge on any atom is 0.335 e. The van der Waals surface area contributed by atoms with Gasteiger partial charge in [-0.2, -0.15) is 0 Å². The monoisotopic (exact) mass is 278 g/mol. The van der Waals surface area contributed by atoms with Crippen LogP contribution in [0.5, 0.6) is 0 Å². The molecule has 1 atom stereocenters. The summed E-state index contributed by atoms with van der Waals surface area (Å²) in [6.45, 7) is 5.04. The van der Waals surface area contributed by atoms with Gasteiger partial charge in [0.25, 0.3) is 0 Å². The molecule has 0 saturated heterocycles. The van der Waals surface area contributed by atoms with Crippen LogP contribution in [-0.4, -0.2) is 23.8 Å². The third-order valence-electron chi connectivity index (χ3n) is 3.46. The molecule has 0 spiro atoms. The number of benzene rings is 1. The van der Waals surface area contributed by atoms with Crippen LogP contribution in [0.25, 0.3) is 0 Å². The van der Waals surface area contributed by atoms with E-state index >= 15 is 0 Å². The van der Waals surface area contributed by atoms with Crippen LogP contribution >= 0.6 is 0 Å². The Morgan fingerprint density at radius 3 is 2.50 bits per heavy atom. The molecular formula is C17H26O3. The zero-order chi connectivity index (χ0) is 14.8. The second kappa shape index (κ2) is 9.54. The second-order valence-electron chi connectivity index (χ2n) is 5.28. The summed E-state index contributed by atoms with van der Waals surface area (Å²) in [4.78, 5) is 10.7. The average Bonchev–Trinajstić information content (AvgIpc) is 2.44. The van der Waals surface area contributed by atoms with Crippen molar-refractivity contribution in [3.8, 4) is 0 Å². The summed E-state index contributed by atoms with van der Waals surface area (Å²) in [5.41, 5.74) is 1.45. The quantitative estimate of drug-likeness (QED) is 0.649. The fourth-order valence-electron chi connectivity index (χ4n) is 2.13. The van der Waals surface area contributed by atoms with Crippen molar-refractivity contribution in [2.45, 2.75) is 58.5 Å². The normalized spacial score (nSPS) is 12.3. The Bertz CT molecular complexity index is 384. The van der Waals surface area contributed by atoms with Crippen LogP contribution in [0.15, 0.2) is 24.3 Å². The van der Waals surface area contributed by atoms with Crippen molar-refractivity contribution in [3.05, 3.63) is 35.4 Å². The number of carboxylic acids is 1. The second-order valence-corrected chi connectivity index (χ2v) is 5.28. The van der Waals surface area contributed by atoms with Crippen molar-refractivity contribution >= 4 is 5.97 Å². The van der Waals surface area contributed by atoms with E-state index in [1.807, 2.05) is 12.1 Å². The van der Waals surface area contributed by atoms with Crippen LogP contribution in [-0.2, 0) is 11.2 Å². The Labute approximate surface area is 122 Å². The number of aromatic carboxylic acids is 1. The van der Waals surface area contributed by atoms with E-state index in [4.69, 9.17) is 9.84 Å². The van der Waals surface area contributed by atoms with Gasteiger partial charge in [-0.15, -0.1) is 0 Å². The molecule has 0 amide bonds. The summed E-state index contributed by atoms with van der Waals surface area (Å²) in [5, 5.41) is 8.82. The van der Waals surface area contributed by atoms with E-state index in [1.165, 1.54) is 25.7 Å². The highest BCUT2D eigenvalue weighted by Crippen LogP contribution is 2.09. The maximum atomic E-state index is 10.7. The number of hydrogen-bond donors (Lipinski definition) is 1. The van der Waals surface area contributed by atoms with Crippen LogP contribution in [0.2, 0.25) is 0 Å². The fourth-order valence-corrected chi connectivity index (χ4v) is 2.13. The molecule has 0 aliphatic heterocycles. The van der Waals surface area contributed by atoms with E-state index in [9.17, 15) is 4.79 Å². The van der Waals surface area contributed by atoms with Crippen LogP contribution in [0.4, 0.5) is 0 Å². The topological polar surface area (TPSA) is 46.5 Å².